The van der Waals surface area contributed by atoms with Gasteiger partial charge in [-0.05, 0) is 29.6 Å². The molecule has 0 unspecified atom stereocenters. The average molecular weight is 317 g/mol. The summed E-state index contributed by atoms with van der Waals surface area (Å²) in [5.41, 5.74) is 0.514. The number of ether oxygens (including phenoxy) is 1. The fourth-order valence-electron chi connectivity index (χ4n) is 2.45. The number of carbonyl (C=O) groups excluding carboxylic acids is 1. The van der Waals surface area contributed by atoms with Crippen LogP contribution in [0.4, 0.5) is 0 Å². The van der Waals surface area contributed by atoms with Gasteiger partial charge in [0.25, 0.3) is 5.91 Å². The second-order valence-corrected chi connectivity index (χ2v) is 5.99. The molecule has 22 heavy (non-hydrogen) atoms. The van der Waals surface area contributed by atoms with Crippen molar-refractivity contribution in [2.75, 3.05) is 19.7 Å². The van der Waals surface area contributed by atoms with E-state index in [1.54, 1.807) is 28.4 Å². The molecular weight excluding hydrogens is 302 g/mol. The molecule has 2 aromatic rings. The van der Waals surface area contributed by atoms with E-state index in [1.165, 1.54) is 12.1 Å². The van der Waals surface area contributed by atoms with Gasteiger partial charge in [-0.15, -0.1) is 11.3 Å². The number of carboxylic acid groups (broad SMARTS) is 1. The highest BCUT2D eigenvalue weighted by Gasteiger charge is 2.26. The lowest BCUT2D eigenvalue weighted by molar-refractivity contribution is -0.0211. The Bertz CT molecular complexity index is 683. The first-order valence-corrected chi connectivity index (χ1v) is 7.81. The van der Waals surface area contributed by atoms with Crippen LogP contribution in [0.3, 0.4) is 0 Å². The van der Waals surface area contributed by atoms with Gasteiger partial charge in [-0.1, -0.05) is 12.1 Å². The molecule has 114 valence electrons. The van der Waals surface area contributed by atoms with Crippen LogP contribution in [-0.4, -0.2) is 41.6 Å². The molecule has 0 aliphatic carbocycles. The molecule has 2 heterocycles. The Labute approximate surface area is 131 Å². The zero-order valence-electron chi connectivity index (χ0n) is 11.8. The zero-order chi connectivity index (χ0) is 15.5. The number of rotatable bonds is 3. The van der Waals surface area contributed by atoms with E-state index in [-0.39, 0.29) is 17.6 Å². The van der Waals surface area contributed by atoms with Crippen molar-refractivity contribution < 1.29 is 19.4 Å². The quantitative estimate of drug-likeness (QED) is 0.945. The van der Waals surface area contributed by atoms with Gasteiger partial charge in [-0.25, -0.2) is 4.79 Å². The molecule has 1 aliphatic heterocycles. The molecule has 1 N–H and O–H groups in total. The minimum atomic E-state index is -1.03. The van der Waals surface area contributed by atoms with E-state index in [4.69, 9.17) is 9.84 Å². The summed E-state index contributed by atoms with van der Waals surface area (Å²) >= 11 is 1.60. The van der Waals surface area contributed by atoms with E-state index in [0.29, 0.717) is 25.3 Å². The maximum atomic E-state index is 12.6. The van der Waals surface area contributed by atoms with Crippen molar-refractivity contribution in [3.8, 4) is 0 Å². The normalized spacial score (nSPS) is 18.2. The minimum Gasteiger partial charge on any atom is -0.478 e. The third-order valence-corrected chi connectivity index (χ3v) is 4.54. The number of aromatic carboxylic acids is 1. The summed E-state index contributed by atoms with van der Waals surface area (Å²) in [5, 5.41) is 11.0. The fraction of sp³-hybridized carbons (Fsp3) is 0.250. The Balaban J connectivity index is 1.77. The Kier molecular flexibility index (Phi) is 4.22. The Morgan fingerprint density at radius 1 is 1.23 bits per heavy atom. The number of morpholine rings is 1. The van der Waals surface area contributed by atoms with Crippen LogP contribution in [0.2, 0.25) is 0 Å². The molecule has 3 rings (SSSR count). The van der Waals surface area contributed by atoms with Gasteiger partial charge in [-0.2, -0.15) is 0 Å². The highest BCUT2D eigenvalue weighted by Crippen LogP contribution is 2.26. The van der Waals surface area contributed by atoms with Crippen molar-refractivity contribution >= 4 is 23.2 Å². The number of carboxylic acids is 1. The van der Waals surface area contributed by atoms with Crippen molar-refractivity contribution in [1.29, 1.82) is 0 Å². The summed E-state index contributed by atoms with van der Waals surface area (Å²) in [6.45, 7) is 1.47. The lowest BCUT2D eigenvalue weighted by Crippen LogP contribution is -2.42. The highest BCUT2D eigenvalue weighted by atomic mass is 32.1. The Hall–Kier alpha value is -2.18. The van der Waals surface area contributed by atoms with Gasteiger partial charge < -0.3 is 14.7 Å². The van der Waals surface area contributed by atoms with E-state index >= 15 is 0 Å². The van der Waals surface area contributed by atoms with E-state index in [9.17, 15) is 9.59 Å². The molecule has 1 aliphatic rings. The van der Waals surface area contributed by atoms with Gasteiger partial charge >= 0.3 is 5.97 Å². The van der Waals surface area contributed by atoms with Crippen molar-refractivity contribution in [3.05, 3.63) is 57.8 Å². The molecule has 1 amide bonds. The molecular formula is C16H15NO4S. The maximum Gasteiger partial charge on any atom is 0.335 e. The number of nitrogens with zero attached hydrogens (tertiary/aromatic N) is 1. The number of benzene rings is 1. The van der Waals surface area contributed by atoms with E-state index in [2.05, 4.69) is 0 Å². The lowest BCUT2D eigenvalue weighted by atomic mass is 10.1. The van der Waals surface area contributed by atoms with Gasteiger partial charge in [0.05, 0.1) is 18.7 Å². The van der Waals surface area contributed by atoms with E-state index < -0.39 is 5.97 Å². The van der Waals surface area contributed by atoms with E-state index in [1.807, 2.05) is 17.5 Å². The van der Waals surface area contributed by atoms with Crippen molar-refractivity contribution in [2.45, 2.75) is 6.10 Å². The van der Waals surface area contributed by atoms with Crippen LogP contribution in [0.5, 0.6) is 0 Å². The summed E-state index contributed by atoms with van der Waals surface area (Å²) in [4.78, 5) is 26.4. The van der Waals surface area contributed by atoms with Crippen molar-refractivity contribution in [3.63, 3.8) is 0 Å². The minimum absolute atomic E-state index is 0.111. The fourth-order valence-corrected chi connectivity index (χ4v) is 3.21. The van der Waals surface area contributed by atoms with Crippen LogP contribution in [-0.2, 0) is 4.74 Å². The second-order valence-electron chi connectivity index (χ2n) is 5.01. The standard InChI is InChI=1S/C16H15NO4S/c18-15(11-3-1-4-12(9-11)16(19)20)17-6-7-21-13(10-17)14-5-2-8-22-14/h1-5,8-9,13H,6-7,10H2,(H,19,20)/t13-/m0/s1. The molecule has 0 saturated carbocycles. The zero-order valence-corrected chi connectivity index (χ0v) is 12.6. The monoisotopic (exact) mass is 317 g/mol. The predicted octanol–water partition coefficient (Wildman–Crippen LogP) is 2.66. The molecule has 1 fully saturated rings. The van der Waals surface area contributed by atoms with Crippen LogP contribution in [0.25, 0.3) is 0 Å². The van der Waals surface area contributed by atoms with Gasteiger partial charge in [0.1, 0.15) is 6.10 Å². The summed E-state index contributed by atoms with van der Waals surface area (Å²) in [6.07, 6.45) is -0.111. The van der Waals surface area contributed by atoms with Gasteiger partial charge in [0.2, 0.25) is 0 Å². The molecule has 6 heteroatoms. The van der Waals surface area contributed by atoms with Crippen LogP contribution >= 0.6 is 11.3 Å². The molecule has 1 aromatic heterocycles. The Morgan fingerprint density at radius 2 is 2.05 bits per heavy atom. The van der Waals surface area contributed by atoms with Crippen LogP contribution in [0, 0.1) is 0 Å². The first-order chi connectivity index (χ1) is 10.6. The number of hydrogen-bond acceptors (Lipinski definition) is 4. The van der Waals surface area contributed by atoms with Crippen LogP contribution in [0.15, 0.2) is 41.8 Å². The highest BCUT2D eigenvalue weighted by molar-refractivity contribution is 7.10. The SMILES string of the molecule is O=C(O)c1cccc(C(=O)N2CCO[C@H](c3cccs3)C2)c1. The topological polar surface area (TPSA) is 66.8 Å². The number of thiophene rings is 1. The average Bonchev–Trinajstić information content (AvgIpc) is 3.09. The van der Waals surface area contributed by atoms with Gasteiger partial charge in [0, 0.05) is 17.0 Å². The largest absolute Gasteiger partial charge is 0.478 e. The second kappa shape index (κ2) is 6.29. The Morgan fingerprint density at radius 3 is 2.77 bits per heavy atom. The van der Waals surface area contributed by atoms with Gasteiger partial charge in [0.15, 0.2) is 0 Å². The third-order valence-electron chi connectivity index (χ3n) is 3.57. The van der Waals surface area contributed by atoms with Crippen molar-refractivity contribution in [2.24, 2.45) is 0 Å². The molecule has 0 radical (unpaired) electrons. The van der Waals surface area contributed by atoms with Crippen LogP contribution in [0.1, 0.15) is 31.7 Å². The maximum absolute atomic E-state index is 12.6. The summed E-state index contributed by atoms with van der Waals surface area (Å²) < 4.78 is 5.72. The molecule has 5 nitrogen and oxygen atoms in total. The lowest BCUT2D eigenvalue weighted by Gasteiger charge is -2.32. The summed E-state index contributed by atoms with van der Waals surface area (Å²) in [7, 11) is 0. The number of hydrogen-bond donors (Lipinski definition) is 1. The summed E-state index contributed by atoms with van der Waals surface area (Å²) in [5.74, 6) is -1.19. The molecule has 1 aromatic carbocycles. The number of amides is 1. The first kappa shape index (κ1) is 14.7. The van der Waals surface area contributed by atoms with Crippen LogP contribution < -0.4 is 0 Å². The smallest absolute Gasteiger partial charge is 0.335 e. The number of carbonyl (C=O) groups is 2. The summed E-state index contributed by atoms with van der Waals surface area (Å²) in [6, 6.07) is 10.1. The molecule has 0 spiro atoms. The van der Waals surface area contributed by atoms with Gasteiger partial charge in [-0.3, -0.25) is 4.79 Å². The molecule has 0 bridgehead atoms. The van der Waals surface area contributed by atoms with E-state index in [0.717, 1.165) is 4.88 Å². The van der Waals surface area contributed by atoms with Crippen molar-refractivity contribution in [1.82, 2.24) is 4.90 Å². The predicted molar refractivity (Wildman–Crippen MR) is 82.3 cm³/mol. The molecule has 1 saturated heterocycles. The molecule has 1 atom stereocenters. The third kappa shape index (κ3) is 3.03. The first-order valence-electron chi connectivity index (χ1n) is 6.93.